The van der Waals surface area contributed by atoms with E-state index >= 15 is 0 Å². The van der Waals surface area contributed by atoms with Crippen LogP contribution in [0, 0.1) is 0 Å². The summed E-state index contributed by atoms with van der Waals surface area (Å²) in [6.45, 7) is 10.6. The summed E-state index contributed by atoms with van der Waals surface area (Å²) in [5, 5.41) is 31.9. The maximum atomic E-state index is 9.60. The quantitative estimate of drug-likeness (QED) is 0.583. The molecular formula is C14H32O6Ti. The van der Waals surface area contributed by atoms with Crippen LogP contribution in [0.5, 0.6) is 0 Å². The molecule has 0 aliphatic carbocycles. The molecule has 4 N–H and O–H groups in total. The number of aliphatic carboxylic acids is 2. The summed E-state index contributed by atoms with van der Waals surface area (Å²) in [4.78, 5) is 19.2. The van der Waals surface area contributed by atoms with E-state index in [1.165, 1.54) is 0 Å². The average molecular weight is 344 g/mol. The van der Waals surface area contributed by atoms with E-state index < -0.39 is 11.9 Å². The Kier molecular flexibility index (Phi) is 43.1. The Labute approximate surface area is 143 Å². The van der Waals surface area contributed by atoms with Crippen molar-refractivity contribution in [1.82, 2.24) is 0 Å². The largest absolute Gasteiger partial charge is 0.481 e. The average Bonchev–Trinajstić information content (AvgIpc) is 2.15. The molecule has 0 aromatic rings. The first-order valence-electron chi connectivity index (χ1n) is 6.80. The number of hydrogen-bond donors (Lipinski definition) is 4. The van der Waals surface area contributed by atoms with Crippen LogP contribution in [0.15, 0.2) is 0 Å². The zero-order chi connectivity index (χ0) is 17.1. The topological polar surface area (TPSA) is 115 Å². The zero-order valence-electron chi connectivity index (χ0n) is 14.1. The van der Waals surface area contributed by atoms with Crippen molar-refractivity contribution < 1.29 is 51.7 Å². The van der Waals surface area contributed by atoms with Gasteiger partial charge in [0.15, 0.2) is 0 Å². The molecule has 0 saturated carbocycles. The first kappa shape index (κ1) is 32.5. The van der Waals surface area contributed by atoms with E-state index in [9.17, 15) is 9.59 Å². The van der Waals surface area contributed by atoms with Crippen molar-refractivity contribution in [3.63, 3.8) is 0 Å². The van der Waals surface area contributed by atoms with Crippen LogP contribution in [0.25, 0.3) is 0 Å². The third-order valence-corrected chi connectivity index (χ3v) is 0.928. The normalized spacial score (nSPS) is 8.10. The van der Waals surface area contributed by atoms with Crippen LogP contribution in [0.2, 0.25) is 0 Å². The molecule has 0 radical (unpaired) electrons. The number of rotatable bonds is 4. The fourth-order valence-corrected chi connectivity index (χ4v) is 0.428. The second kappa shape index (κ2) is 27.8. The van der Waals surface area contributed by atoms with Gasteiger partial charge in [0.25, 0.3) is 0 Å². The van der Waals surface area contributed by atoms with E-state index in [1.54, 1.807) is 27.7 Å². The van der Waals surface area contributed by atoms with E-state index in [-0.39, 0.29) is 33.9 Å². The second-order valence-electron chi connectivity index (χ2n) is 4.47. The van der Waals surface area contributed by atoms with Gasteiger partial charge in [0.2, 0.25) is 0 Å². The monoisotopic (exact) mass is 344 g/mol. The van der Waals surface area contributed by atoms with Crippen molar-refractivity contribution in [2.45, 2.75) is 79.4 Å². The van der Waals surface area contributed by atoms with E-state index in [0.717, 1.165) is 12.8 Å². The molecule has 0 heterocycles. The molecule has 128 valence electrons. The van der Waals surface area contributed by atoms with Crippen molar-refractivity contribution in [2.75, 3.05) is 0 Å². The summed E-state index contributed by atoms with van der Waals surface area (Å²) in [6.07, 6.45) is 1.71. The van der Waals surface area contributed by atoms with Crippen LogP contribution < -0.4 is 0 Å². The maximum Gasteiger partial charge on any atom is 0.303 e. The van der Waals surface area contributed by atoms with E-state index in [1.807, 2.05) is 13.8 Å². The van der Waals surface area contributed by atoms with Gasteiger partial charge in [-0.05, 0) is 40.5 Å². The Morgan fingerprint density at radius 1 is 0.762 bits per heavy atom. The fourth-order valence-electron chi connectivity index (χ4n) is 0.428. The van der Waals surface area contributed by atoms with Crippen LogP contribution in [-0.4, -0.2) is 44.6 Å². The Morgan fingerprint density at radius 2 is 0.905 bits per heavy atom. The molecule has 21 heavy (non-hydrogen) atoms. The van der Waals surface area contributed by atoms with E-state index in [0.29, 0.717) is 12.8 Å². The van der Waals surface area contributed by atoms with Crippen molar-refractivity contribution in [2.24, 2.45) is 0 Å². The summed E-state index contributed by atoms with van der Waals surface area (Å²) in [7, 11) is 0. The molecule has 7 heteroatoms. The van der Waals surface area contributed by atoms with Crippen LogP contribution in [-0.2, 0) is 31.3 Å². The molecule has 0 bridgehead atoms. The van der Waals surface area contributed by atoms with Crippen molar-refractivity contribution in [3.8, 4) is 0 Å². The van der Waals surface area contributed by atoms with Gasteiger partial charge in [-0.1, -0.05) is 13.8 Å². The molecule has 0 fully saturated rings. The zero-order valence-corrected chi connectivity index (χ0v) is 15.7. The molecular weight excluding hydrogens is 312 g/mol. The summed E-state index contributed by atoms with van der Waals surface area (Å²) in [5.41, 5.74) is 0. The molecule has 0 atom stereocenters. The molecule has 0 saturated heterocycles. The Bertz CT molecular complexity index is 180. The minimum Gasteiger partial charge on any atom is -0.481 e. The molecule has 0 aromatic heterocycles. The van der Waals surface area contributed by atoms with Gasteiger partial charge in [-0.25, -0.2) is 0 Å². The Hall–Kier alpha value is -0.426. The molecule has 6 nitrogen and oxygen atoms in total. The van der Waals surface area contributed by atoms with Crippen molar-refractivity contribution >= 4 is 11.9 Å². The molecule has 0 spiro atoms. The van der Waals surface area contributed by atoms with Crippen LogP contribution in [0.3, 0.4) is 0 Å². The van der Waals surface area contributed by atoms with Crippen LogP contribution in [0.1, 0.15) is 67.2 Å². The van der Waals surface area contributed by atoms with Gasteiger partial charge in [0.1, 0.15) is 0 Å². The van der Waals surface area contributed by atoms with Crippen molar-refractivity contribution in [3.05, 3.63) is 0 Å². The predicted octanol–water partition coefficient (Wildman–Crippen LogP) is 2.51. The number of carbonyl (C=O) groups is 2. The fraction of sp³-hybridized carbons (Fsp3) is 0.857. The summed E-state index contributed by atoms with van der Waals surface area (Å²) in [5.74, 6) is -1.42. The van der Waals surface area contributed by atoms with Gasteiger partial charge in [0.05, 0.1) is 0 Å². The molecule has 0 rings (SSSR count). The standard InChI is InChI=1S/2C4H8O2.2C3H8O.Ti/c2*1-2-3-4(5)6;2*1-3(2)4;/h2*2-3H2,1H3,(H,5,6);2*3-4H,1-2H3;. The number of aliphatic hydroxyl groups excluding tert-OH is 2. The summed E-state index contributed by atoms with van der Waals surface area (Å²) in [6, 6.07) is 0. The first-order valence-corrected chi connectivity index (χ1v) is 6.80. The van der Waals surface area contributed by atoms with Gasteiger partial charge >= 0.3 is 11.9 Å². The summed E-state index contributed by atoms with van der Waals surface area (Å²) >= 11 is 0. The number of hydrogen-bond acceptors (Lipinski definition) is 4. The molecule has 0 unspecified atom stereocenters. The number of carboxylic acids is 2. The molecule has 0 aliphatic heterocycles. The van der Waals surface area contributed by atoms with Crippen molar-refractivity contribution in [1.29, 1.82) is 0 Å². The second-order valence-corrected chi connectivity index (χ2v) is 4.47. The minimum atomic E-state index is -0.711. The number of carboxylic acid groups (broad SMARTS) is 2. The molecule has 0 aromatic carbocycles. The number of aliphatic hydroxyl groups is 2. The molecule has 0 aliphatic rings. The van der Waals surface area contributed by atoms with Gasteiger partial charge in [-0.15, -0.1) is 0 Å². The van der Waals surface area contributed by atoms with Crippen LogP contribution >= 0.6 is 0 Å². The van der Waals surface area contributed by atoms with Gasteiger partial charge in [0, 0.05) is 46.8 Å². The third kappa shape index (κ3) is 195. The van der Waals surface area contributed by atoms with Gasteiger partial charge in [-0.3, -0.25) is 9.59 Å². The predicted molar refractivity (Wildman–Crippen MR) is 79.8 cm³/mol. The maximum absolute atomic E-state index is 9.60. The SMILES string of the molecule is CC(C)O.CC(C)O.CCCC(=O)O.CCCC(=O)O.[Ti]. The van der Waals surface area contributed by atoms with Crippen LogP contribution in [0.4, 0.5) is 0 Å². The van der Waals surface area contributed by atoms with Gasteiger partial charge < -0.3 is 20.4 Å². The Balaban J connectivity index is -0.0000000544. The van der Waals surface area contributed by atoms with E-state index in [2.05, 4.69) is 0 Å². The third-order valence-electron chi connectivity index (χ3n) is 0.928. The van der Waals surface area contributed by atoms with E-state index in [4.69, 9.17) is 20.4 Å². The van der Waals surface area contributed by atoms with Gasteiger partial charge in [-0.2, -0.15) is 0 Å². The molecule has 0 amide bonds. The smallest absolute Gasteiger partial charge is 0.303 e. The summed E-state index contributed by atoms with van der Waals surface area (Å²) < 4.78 is 0. The minimum absolute atomic E-state index is 0. The Morgan fingerprint density at radius 3 is 0.905 bits per heavy atom. The first-order chi connectivity index (χ1) is 9.00.